The molecule has 0 bridgehead atoms. The number of carbonyl (C=O) groups is 1. The van der Waals surface area contributed by atoms with Crippen LogP contribution in [0.1, 0.15) is 6.92 Å². The summed E-state index contributed by atoms with van der Waals surface area (Å²) >= 11 is 1.44. The Balaban J connectivity index is 2.22. The van der Waals surface area contributed by atoms with E-state index in [0.29, 0.717) is 18.1 Å². The fraction of sp³-hybridized carbons (Fsp3) is 0.417. The minimum Gasteiger partial charge on any atom is -0.493 e. The number of ether oxygens (including phenoxy) is 2. The third-order valence-electron chi connectivity index (χ3n) is 2.05. The predicted octanol–water partition coefficient (Wildman–Crippen LogP) is 2.50. The lowest BCUT2D eigenvalue weighted by Gasteiger charge is -2.09. The van der Waals surface area contributed by atoms with Gasteiger partial charge in [0.1, 0.15) is 11.6 Å². The van der Waals surface area contributed by atoms with Crippen LogP contribution in [-0.4, -0.2) is 30.7 Å². The van der Waals surface area contributed by atoms with Crippen LogP contribution in [0.2, 0.25) is 0 Å². The van der Waals surface area contributed by atoms with E-state index in [2.05, 4.69) is 4.74 Å². The van der Waals surface area contributed by atoms with Crippen LogP contribution in [0.4, 0.5) is 4.39 Å². The summed E-state index contributed by atoms with van der Waals surface area (Å²) in [5, 5.41) is -0.212. The van der Waals surface area contributed by atoms with Crippen molar-refractivity contribution in [3.05, 3.63) is 30.1 Å². The zero-order valence-electron chi connectivity index (χ0n) is 9.81. The number of benzene rings is 1. The summed E-state index contributed by atoms with van der Waals surface area (Å²) in [6, 6.07) is 5.97. The molecule has 1 aromatic rings. The second kappa shape index (κ2) is 7.17. The molecule has 0 saturated carbocycles. The first kappa shape index (κ1) is 13.8. The quantitative estimate of drug-likeness (QED) is 0.580. The van der Waals surface area contributed by atoms with E-state index in [1.165, 1.54) is 31.0 Å². The summed E-state index contributed by atoms with van der Waals surface area (Å²) < 4.78 is 22.7. The Hall–Kier alpha value is -1.23. The average Bonchev–Trinajstić information content (AvgIpc) is 2.33. The molecule has 0 aromatic heterocycles. The van der Waals surface area contributed by atoms with Crippen molar-refractivity contribution in [2.45, 2.75) is 12.2 Å². The Morgan fingerprint density at radius 1 is 1.53 bits per heavy atom. The Morgan fingerprint density at radius 2 is 2.29 bits per heavy atom. The minimum absolute atomic E-state index is 0.212. The summed E-state index contributed by atoms with van der Waals surface area (Å²) in [5.41, 5.74) is 0. The number of hydrogen-bond donors (Lipinski definition) is 0. The van der Waals surface area contributed by atoms with Gasteiger partial charge >= 0.3 is 5.97 Å². The molecule has 0 saturated heterocycles. The van der Waals surface area contributed by atoms with Crippen LogP contribution in [0.5, 0.6) is 5.75 Å². The van der Waals surface area contributed by atoms with Crippen LogP contribution in [-0.2, 0) is 9.53 Å². The number of rotatable bonds is 6. The third kappa shape index (κ3) is 5.08. The number of halogens is 1. The van der Waals surface area contributed by atoms with Crippen molar-refractivity contribution in [2.24, 2.45) is 0 Å². The van der Waals surface area contributed by atoms with Crippen LogP contribution in [0, 0.1) is 5.82 Å². The van der Waals surface area contributed by atoms with Gasteiger partial charge in [0.25, 0.3) is 0 Å². The molecule has 0 fully saturated rings. The summed E-state index contributed by atoms with van der Waals surface area (Å²) in [5.74, 6) is 0.572. The van der Waals surface area contributed by atoms with E-state index in [4.69, 9.17) is 4.74 Å². The fourth-order valence-corrected chi connectivity index (χ4v) is 1.94. The number of carbonyl (C=O) groups excluding carboxylic acids is 1. The Kier molecular flexibility index (Phi) is 5.83. The van der Waals surface area contributed by atoms with Gasteiger partial charge in [-0.2, -0.15) is 0 Å². The zero-order chi connectivity index (χ0) is 12.7. The molecule has 0 heterocycles. The molecule has 0 aliphatic carbocycles. The maximum Gasteiger partial charge on any atom is 0.318 e. The maximum atomic E-state index is 12.8. The lowest BCUT2D eigenvalue weighted by atomic mass is 10.3. The van der Waals surface area contributed by atoms with Crippen molar-refractivity contribution in [1.82, 2.24) is 0 Å². The number of esters is 1. The predicted molar refractivity (Wildman–Crippen MR) is 65.8 cm³/mol. The molecule has 0 aliphatic rings. The van der Waals surface area contributed by atoms with Gasteiger partial charge in [-0.15, -0.1) is 11.8 Å². The van der Waals surface area contributed by atoms with Crippen molar-refractivity contribution < 1.29 is 18.7 Å². The lowest BCUT2D eigenvalue weighted by molar-refractivity contribution is -0.139. The molecular weight excluding hydrogens is 243 g/mol. The molecule has 0 radical (unpaired) electrons. The van der Waals surface area contributed by atoms with Gasteiger partial charge in [-0.3, -0.25) is 4.79 Å². The molecule has 17 heavy (non-hydrogen) atoms. The first-order valence-corrected chi connectivity index (χ1v) is 6.26. The van der Waals surface area contributed by atoms with Gasteiger partial charge in [-0.05, 0) is 19.1 Å². The first-order valence-electron chi connectivity index (χ1n) is 5.21. The maximum absolute atomic E-state index is 12.8. The van der Waals surface area contributed by atoms with Crippen LogP contribution in [0.25, 0.3) is 0 Å². The summed E-state index contributed by atoms with van der Waals surface area (Å²) in [4.78, 5) is 11.1. The molecule has 5 heteroatoms. The van der Waals surface area contributed by atoms with Crippen molar-refractivity contribution in [2.75, 3.05) is 19.5 Å². The Labute approximate surface area is 104 Å². The second-order valence-corrected chi connectivity index (χ2v) is 4.79. The van der Waals surface area contributed by atoms with Crippen LogP contribution in [0.3, 0.4) is 0 Å². The van der Waals surface area contributed by atoms with E-state index < -0.39 is 0 Å². The van der Waals surface area contributed by atoms with Crippen molar-refractivity contribution in [3.8, 4) is 5.75 Å². The van der Waals surface area contributed by atoms with E-state index in [0.717, 1.165) is 0 Å². The van der Waals surface area contributed by atoms with Crippen LogP contribution >= 0.6 is 11.8 Å². The molecule has 1 aromatic carbocycles. The summed E-state index contributed by atoms with van der Waals surface area (Å²) in [7, 11) is 1.36. The zero-order valence-corrected chi connectivity index (χ0v) is 10.6. The van der Waals surface area contributed by atoms with Gasteiger partial charge < -0.3 is 9.47 Å². The van der Waals surface area contributed by atoms with Crippen LogP contribution < -0.4 is 4.74 Å². The largest absolute Gasteiger partial charge is 0.493 e. The fourth-order valence-electron chi connectivity index (χ4n) is 1.18. The van der Waals surface area contributed by atoms with E-state index in [-0.39, 0.29) is 17.0 Å². The molecule has 1 atom stereocenters. The molecule has 94 valence electrons. The molecule has 0 spiro atoms. The van der Waals surface area contributed by atoms with E-state index in [1.54, 1.807) is 19.1 Å². The highest BCUT2D eigenvalue weighted by Crippen LogP contribution is 2.14. The van der Waals surface area contributed by atoms with Crippen molar-refractivity contribution >= 4 is 17.7 Å². The molecular formula is C12H15FO3S. The summed E-state index contributed by atoms with van der Waals surface area (Å²) in [6.07, 6.45) is 0. The van der Waals surface area contributed by atoms with E-state index in [9.17, 15) is 9.18 Å². The highest BCUT2D eigenvalue weighted by atomic mass is 32.2. The lowest BCUT2D eigenvalue weighted by Crippen LogP contribution is -2.16. The normalized spacial score (nSPS) is 11.9. The topological polar surface area (TPSA) is 35.5 Å². The molecule has 1 unspecified atom stereocenters. The van der Waals surface area contributed by atoms with Gasteiger partial charge in [0.05, 0.1) is 19.0 Å². The SMILES string of the molecule is COC(=O)C(C)SCCOc1cccc(F)c1. The first-order chi connectivity index (χ1) is 8.13. The van der Waals surface area contributed by atoms with Gasteiger partial charge in [-0.25, -0.2) is 4.39 Å². The Morgan fingerprint density at radius 3 is 2.94 bits per heavy atom. The van der Waals surface area contributed by atoms with Gasteiger partial charge in [0.15, 0.2) is 0 Å². The molecule has 0 aliphatic heterocycles. The molecule has 0 N–H and O–H groups in total. The highest BCUT2D eigenvalue weighted by Gasteiger charge is 2.12. The van der Waals surface area contributed by atoms with Gasteiger partial charge in [-0.1, -0.05) is 6.07 Å². The number of thioether (sulfide) groups is 1. The average molecular weight is 258 g/mol. The molecule has 0 amide bonds. The standard InChI is InChI=1S/C12H15FO3S/c1-9(12(14)15-2)17-7-6-16-11-5-3-4-10(13)8-11/h3-5,8-9H,6-7H2,1-2H3. The summed E-state index contributed by atoms with van der Waals surface area (Å²) in [6.45, 7) is 2.20. The molecule has 1 rings (SSSR count). The Bertz CT molecular complexity index is 371. The number of methoxy groups -OCH3 is 1. The highest BCUT2D eigenvalue weighted by molar-refractivity contribution is 8.00. The van der Waals surface area contributed by atoms with Gasteiger partial charge in [0, 0.05) is 11.8 Å². The van der Waals surface area contributed by atoms with E-state index >= 15 is 0 Å². The monoisotopic (exact) mass is 258 g/mol. The number of hydrogen-bond acceptors (Lipinski definition) is 4. The molecule has 3 nitrogen and oxygen atoms in total. The smallest absolute Gasteiger partial charge is 0.318 e. The van der Waals surface area contributed by atoms with Crippen molar-refractivity contribution in [3.63, 3.8) is 0 Å². The second-order valence-electron chi connectivity index (χ2n) is 3.34. The van der Waals surface area contributed by atoms with E-state index in [1.807, 2.05) is 0 Å². The van der Waals surface area contributed by atoms with Crippen molar-refractivity contribution in [1.29, 1.82) is 0 Å². The third-order valence-corrected chi connectivity index (χ3v) is 3.14. The van der Waals surface area contributed by atoms with Crippen LogP contribution in [0.15, 0.2) is 24.3 Å². The minimum atomic E-state index is -0.321. The van der Waals surface area contributed by atoms with Gasteiger partial charge in [0.2, 0.25) is 0 Å².